The molecule has 0 spiro atoms. The lowest BCUT2D eigenvalue weighted by Crippen LogP contribution is -2.40. The molecule has 2 rings (SSSR count). The molecule has 2 saturated heterocycles. The van der Waals surface area contributed by atoms with Gasteiger partial charge in [0.05, 0.1) is 46.2 Å². The number of ether oxygens (including phenoxy) is 8. The molecule has 0 saturated carbocycles. The van der Waals surface area contributed by atoms with E-state index < -0.39 is 36.0 Å². The molecule has 0 radical (unpaired) electrons. The van der Waals surface area contributed by atoms with Crippen molar-refractivity contribution in [1.29, 1.82) is 0 Å². The summed E-state index contributed by atoms with van der Waals surface area (Å²) in [7, 11) is 0. The van der Waals surface area contributed by atoms with Gasteiger partial charge in [0, 0.05) is 5.41 Å². The predicted octanol–water partition coefficient (Wildman–Crippen LogP) is 0.0798. The highest BCUT2D eigenvalue weighted by Gasteiger charge is 2.33. The molecule has 0 aromatic carbocycles. The lowest BCUT2D eigenvalue weighted by molar-refractivity contribution is -0.121. The molecule has 3 unspecified atom stereocenters. The second-order valence-electron chi connectivity index (χ2n) is 7.31. The van der Waals surface area contributed by atoms with Gasteiger partial charge in [-0.15, -0.1) is 0 Å². The summed E-state index contributed by atoms with van der Waals surface area (Å²) < 4.78 is 41.8. The van der Waals surface area contributed by atoms with Gasteiger partial charge in [0.1, 0.15) is 32.2 Å². The number of carbonyl (C=O) groups is 3. The first-order valence-corrected chi connectivity index (χ1v) is 10.1. The topological polar surface area (TPSA) is 145 Å². The third-order valence-electron chi connectivity index (χ3n) is 4.79. The van der Waals surface area contributed by atoms with Crippen LogP contribution in [0.4, 0.5) is 9.59 Å². The minimum atomic E-state index is -0.722. The van der Waals surface area contributed by atoms with Gasteiger partial charge in [-0.05, 0) is 6.42 Å². The summed E-state index contributed by atoms with van der Waals surface area (Å²) in [4.78, 5) is 32.5. The molecule has 2 aliphatic rings. The number of hydrogen-bond donors (Lipinski definition) is 1. The summed E-state index contributed by atoms with van der Waals surface area (Å²) >= 11 is 0. The van der Waals surface area contributed by atoms with Crippen LogP contribution in [0.25, 0.3) is 0 Å². The number of cyclic esters (lactones) is 4. The zero-order valence-corrected chi connectivity index (χ0v) is 17.5. The maximum atomic E-state index is 11.0. The zero-order chi connectivity index (χ0) is 22.5. The predicted molar refractivity (Wildman–Crippen MR) is 101 cm³/mol. The van der Waals surface area contributed by atoms with Gasteiger partial charge in [-0.25, -0.2) is 9.59 Å². The molecule has 0 aromatic rings. The summed E-state index contributed by atoms with van der Waals surface area (Å²) in [6.45, 7) is 2.85. The van der Waals surface area contributed by atoms with Gasteiger partial charge in [0.15, 0.2) is 12.2 Å². The van der Waals surface area contributed by atoms with Crippen molar-refractivity contribution in [2.75, 3.05) is 66.1 Å². The summed E-state index contributed by atoms with van der Waals surface area (Å²) in [6, 6.07) is 0. The first kappa shape index (κ1) is 25.3. The molecule has 178 valence electrons. The molecular formula is C19H30O12. The average molecular weight is 450 g/mol. The van der Waals surface area contributed by atoms with Crippen molar-refractivity contribution < 1.29 is 57.4 Å². The van der Waals surface area contributed by atoms with E-state index in [1.165, 1.54) is 0 Å². The summed E-state index contributed by atoms with van der Waals surface area (Å²) in [6.07, 6.45) is -1.81. The van der Waals surface area contributed by atoms with E-state index in [1.54, 1.807) is 0 Å². The number of aliphatic hydroxyl groups is 1. The van der Waals surface area contributed by atoms with Crippen molar-refractivity contribution in [3.63, 3.8) is 0 Å². The fourth-order valence-corrected chi connectivity index (χ4v) is 2.88. The molecule has 0 amide bonds. The Hall–Kier alpha value is -1.99. The molecule has 0 aliphatic carbocycles. The van der Waals surface area contributed by atoms with Crippen LogP contribution < -0.4 is 0 Å². The lowest BCUT2D eigenvalue weighted by atomic mass is 9.88. The molecule has 12 heteroatoms. The molecule has 1 N–H and O–H groups in total. The minimum absolute atomic E-state index is 0.0776. The Kier molecular flexibility index (Phi) is 10.9. The van der Waals surface area contributed by atoms with E-state index in [2.05, 4.69) is 0 Å². The number of carbonyl (C=O) groups excluding carboxylic acids is 3. The Bertz CT molecular complexity index is 536. The van der Waals surface area contributed by atoms with Crippen molar-refractivity contribution in [3.8, 4) is 0 Å². The third kappa shape index (κ3) is 8.95. The van der Waals surface area contributed by atoms with E-state index in [0.29, 0.717) is 12.7 Å². The second kappa shape index (κ2) is 13.4. The Morgan fingerprint density at radius 3 is 2.00 bits per heavy atom. The van der Waals surface area contributed by atoms with Crippen molar-refractivity contribution in [2.24, 2.45) is 5.41 Å². The van der Waals surface area contributed by atoms with Crippen LogP contribution in [-0.2, 0) is 42.7 Å². The normalized spacial score (nSPS) is 23.4. The van der Waals surface area contributed by atoms with E-state index in [9.17, 15) is 19.5 Å². The second-order valence-corrected chi connectivity index (χ2v) is 7.31. The molecule has 0 aromatic heterocycles. The van der Waals surface area contributed by atoms with Crippen molar-refractivity contribution in [2.45, 2.75) is 31.7 Å². The summed E-state index contributed by atoms with van der Waals surface area (Å²) in [5.74, 6) is 0. The van der Waals surface area contributed by atoms with E-state index in [1.807, 2.05) is 6.92 Å². The van der Waals surface area contributed by atoms with E-state index in [0.717, 1.165) is 0 Å². The molecule has 31 heavy (non-hydrogen) atoms. The Labute approximate surface area is 179 Å². The van der Waals surface area contributed by atoms with E-state index in [4.69, 9.17) is 37.9 Å². The highest BCUT2D eigenvalue weighted by molar-refractivity contribution is 5.62. The Morgan fingerprint density at radius 1 is 1.03 bits per heavy atom. The first-order valence-electron chi connectivity index (χ1n) is 10.1. The van der Waals surface area contributed by atoms with Gasteiger partial charge >= 0.3 is 12.3 Å². The van der Waals surface area contributed by atoms with Crippen LogP contribution in [0, 0.1) is 5.41 Å². The monoisotopic (exact) mass is 450 g/mol. The average Bonchev–Trinajstić information content (AvgIpc) is 3.37. The molecule has 12 nitrogen and oxygen atoms in total. The quantitative estimate of drug-likeness (QED) is 0.236. The SMILES string of the molecule is CCC(COCC(CO)OCC=O)(COCC1COC(=O)O1)COCC1COC(=O)O1. The Morgan fingerprint density at radius 2 is 1.58 bits per heavy atom. The van der Waals surface area contributed by atoms with Gasteiger partial charge in [-0.3, -0.25) is 0 Å². The molecule has 2 heterocycles. The van der Waals surface area contributed by atoms with Crippen LogP contribution in [0.5, 0.6) is 0 Å². The standard InChI is InChI=1S/C19H30O12/c1-2-19(11-24-6-14(5-21)27-4-3-20,12-25-7-15-9-28-17(22)30-15)13-26-8-16-10-29-18(23)31-16/h3,14-16,21H,2,4-13H2,1H3. The molecule has 3 atom stereocenters. The van der Waals surface area contributed by atoms with Crippen molar-refractivity contribution in [1.82, 2.24) is 0 Å². The Balaban J connectivity index is 1.84. The highest BCUT2D eigenvalue weighted by atomic mass is 16.8. The molecule has 2 fully saturated rings. The highest BCUT2D eigenvalue weighted by Crippen LogP contribution is 2.25. The smallest absolute Gasteiger partial charge is 0.430 e. The summed E-state index contributed by atoms with van der Waals surface area (Å²) in [5.41, 5.74) is -0.572. The van der Waals surface area contributed by atoms with Crippen LogP contribution in [0.2, 0.25) is 0 Å². The van der Waals surface area contributed by atoms with Gasteiger partial charge in [0.2, 0.25) is 0 Å². The van der Waals surface area contributed by atoms with Crippen molar-refractivity contribution >= 4 is 18.6 Å². The molecular weight excluding hydrogens is 420 g/mol. The van der Waals surface area contributed by atoms with Crippen LogP contribution in [0.1, 0.15) is 13.3 Å². The number of aliphatic hydroxyl groups excluding tert-OH is 1. The van der Waals surface area contributed by atoms with Crippen LogP contribution in [0.15, 0.2) is 0 Å². The van der Waals surface area contributed by atoms with Crippen LogP contribution in [-0.4, -0.2) is 108 Å². The summed E-state index contributed by atoms with van der Waals surface area (Å²) in [5, 5.41) is 9.33. The fourth-order valence-electron chi connectivity index (χ4n) is 2.88. The molecule has 0 bridgehead atoms. The maximum Gasteiger partial charge on any atom is 0.508 e. The minimum Gasteiger partial charge on any atom is -0.430 e. The third-order valence-corrected chi connectivity index (χ3v) is 4.79. The number of aldehydes is 1. The van der Waals surface area contributed by atoms with Crippen LogP contribution in [0.3, 0.4) is 0 Å². The van der Waals surface area contributed by atoms with E-state index >= 15 is 0 Å². The number of rotatable bonds is 17. The van der Waals surface area contributed by atoms with Gasteiger partial charge in [-0.1, -0.05) is 6.92 Å². The van der Waals surface area contributed by atoms with Crippen molar-refractivity contribution in [3.05, 3.63) is 0 Å². The van der Waals surface area contributed by atoms with Gasteiger partial charge in [-0.2, -0.15) is 0 Å². The van der Waals surface area contributed by atoms with Gasteiger partial charge < -0.3 is 47.8 Å². The lowest BCUT2D eigenvalue weighted by Gasteiger charge is -2.33. The van der Waals surface area contributed by atoms with Gasteiger partial charge in [0.25, 0.3) is 0 Å². The van der Waals surface area contributed by atoms with Crippen LogP contribution >= 0.6 is 0 Å². The fraction of sp³-hybridized carbons (Fsp3) is 0.842. The largest absolute Gasteiger partial charge is 0.508 e. The zero-order valence-electron chi connectivity index (χ0n) is 17.5. The molecule has 2 aliphatic heterocycles. The maximum absolute atomic E-state index is 11.0. The number of hydrogen-bond acceptors (Lipinski definition) is 12. The van der Waals surface area contributed by atoms with E-state index in [-0.39, 0.29) is 66.1 Å². The first-order chi connectivity index (χ1) is 15.0.